The van der Waals surface area contributed by atoms with Crippen molar-refractivity contribution in [3.8, 4) is 0 Å². The van der Waals surface area contributed by atoms with Crippen LogP contribution in [0, 0.1) is 0 Å². The Hall–Kier alpha value is -1.40. The van der Waals surface area contributed by atoms with Gasteiger partial charge in [-0.05, 0) is 18.4 Å². The normalized spacial score (nSPS) is 15.6. The van der Waals surface area contributed by atoms with Crippen LogP contribution in [0.4, 0.5) is 0 Å². The molecule has 0 spiro atoms. The summed E-state index contributed by atoms with van der Waals surface area (Å²) in [6.45, 7) is 4.89. The highest BCUT2D eigenvalue weighted by molar-refractivity contribution is 7.08. The average molecular weight is 282 g/mol. The second-order valence-corrected chi connectivity index (χ2v) is 5.10. The molecule has 0 aromatic carbocycles. The van der Waals surface area contributed by atoms with Gasteiger partial charge in [0.15, 0.2) is 0 Å². The molecule has 0 bridgehead atoms. The summed E-state index contributed by atoms with van der Waals surface area (Å²) in [6.07, 6.45) is 0. The molecular weight excluding hydrogens is 264 g/mol. The summed E-state index contributed by atoms with van der Waals surface area (Å²) in [7, 11) is 0. The first-order valence-corrected chi connectivity index (χ1v) is 7.33. The molecule has 0 radical (unpaired) electrons. The van der Waals surface area contributed by atoms with Gasteiger partial charge in [-0.2, -0.15) is 11.3 Å². The first-order chi connectivity index (χ1) is 9.22. The predicted molar refractivity (Wildman–Crippen MR) is 73.3 cm³/mol. The molecule has 1 fully saturated rings. The minimum Gasteiger partial charge on any atom is -0.372 e. The van der Waals surface area contributed by atoms with E-state index in [9.17, 15) is 9.59 Å². The van der Waals surface area contributed by atoms with Gasteiger partial charge in [0.25, 0.3) is 5.91 Å². The maximum atomic E-state index is 12.1. The quantitative estimate of drug-likeness (QED) is 0.830. The van der Waals surface area contributed by atoms with Crippen molar-refractivity contribution in [3.05, 3.63) is 22.4 Å². The molecule has 1 aliphatic rings. The third kappa shape index (κ3) is 3.54. The summed E-state index contributed by atoms with van der Waals surface area (Å²) in [5, 5.41) is 3.75. The van der Waals surface area contributed by atoms with Gasteiger partial charge in [-0.25, -0.2) is 0 Å². The third-order valence-corrected chi connectivity index (χ3v) is 3.80. The van der Waals surface area contributed by atoms with E-state index in [1.54, 1.807) is 9.80 Å². The van der Waals surface area contributed by atoms with Crippen molar-refractivity contribution in [1.82, 2.24) is 9.80 Å². The van der Waals surface area contributed by atoms with Gasteiger partial charge in [-0.1, -0.05) is 0 Å². The van der Waals surface area contributed by atoms with Gasteiger partial charge in [0, 0.05) is 38.2 Å². The van der Waals surface area contributed by atoms with E-state index in [-0.39, 0.29) is 18.4 Å². The van der Waals surface area contributed by atoms with Gasteiger partial charge >= 0.3 is 0 Å². The Kier molecular flexibility index (Phi) is 4.93. The summed E-state index contributed by atoms with van der Waals surface area (Å²) in [5.74, 6) is 0.0580. The maximum Gasteiger partial charge on any atom is 0.254 e. The monoisotopic (exact) mass is 282 g/mol. The molecule has 1 aromatic heterocycles. The molecule has 0 N–H and O–H groups in total. The smallest absolute Gasteiger partial charge is 0.254 e. The van der Waals surface area contributed by atoms with Crippen molar-refractivity contribution in [2.75, 3.05) is 39.4 Å². The third-order valence-electron chi connectivity index (χ3n) is 3.12. The molecular formula is C13H18N2O3S. The van der Waals surface area contributed by atoms with E-state index in [0.29, 0.717) is 32.8 Å². The summed E-state index contributed by atoms with van der Waals surface area (Å²) >= 11 is 1.52. The topological polar surface area (TPSA) is 49.9 Å². The van der Waals surface area contributed by atoms with Crippen LogP contribution < -0.4 is 0 Å². The Balaban J connectivity index is 1.82. The molecule has 2 amide bonds. The molecule has 0 atom stereocenters. The zero-order valence-corrected chi connectivity index (χ0v) is 11.8. The average Bonchev–Trinajstić information content (AvgIpc) is 2.98. The summed E-state index contributed by atoms with van der Waals surface area (Å²) in [4.78, 5) is 27.4. The van der Waals surface area contributed by atoms with Crippen LogP contribution in [0.1, 0.15) is 17.3 Å². The Morgan fingerprint density at radius 1 is 1.26 bits per heavy atom. The van der Waals surface area contributed by atoms with E-state index < -0.39 is 0 Å². The minimum atomic E-state index is 0.00415. The van der Waals surface area contributed by atoms with E-state index in [2.05, 4.69) is 0 Å². The van der Waals surface area contributed by atoms with E-state index in [0.717, 1.165) is 5.56 Å². The summed E-state index contributed by atoms with van der Waals surface area (Å²) in [6, 6.07) is 1.83. The van der Waals surface area contributed by atoms with Gasteiger partial charge < -0.3 is 14.5 Å². The zero-order valence-electron chi connectivity index (χ0n) is 11.0. The Bertz CT molecular complexity index is 425. The van der Waals surface area contributed by atoms with Gasteiger partial charge in [-0.15, -0.1) is 0 Å². The predicted octanol–water partition coefficient (Wildman–Crippen LogP) is 1.07. The molecule has 2 rings (SSSR count). The van der Waals surface area contributed by atoms with Crippen LogP contribution in [0.2, 0.25) is 0 Å². The van der Waals surface area contributed by atoms with E-state index in [4.69, 9.17) is 4.74 Å². The molecule has 2 heterocycles. The number of amides is 2. The molecule has 6 heteroatoms. The molecule has 5 nitrogen and oxygen atoms in total. The molecule has 0 unspecified atom stereocenters. The first kappa shape index (κ1) is 14.0. The fourth-order valence-electron chi connectivity index (χ4n) is 2.01. The molecule has 0 saturated carbocycles. The number of ether oxygens (including phenoxy) is 1. The first-order valence-electron chi connectivity index (χ1n) is 6.39. The number of carbonyl (C=O) groups excluding carboxylic acids is 2. The highest BCUT2D eigenvalue weighted by Gasteiger charge is 2.24. The highest BCUT2D eigenvalue weighted by Crippen LogP contribution is 2.12. The number of rotatable bonds is 4. The van der Waals surface area contributed by atoms with E-state index in [1.165, 1.54) is 11.3 Å². The Morgan fingerprint density at radius 3 is 2.53 bits per heavy atom. The standard InChI is InChI=1S/C13H18N2O3S/c1-2-18-9-12(16)14-4-6-15(7-5-14)13(17)11-3-8-19-10-11/h3,8,10H,2,4-7,9H2,1H3. The van der Waals surface area contributed by atoms with Crippen molar-refractivity contribution in [2.45, 2.75) is 6.92 Å². The van der Waals surface area contributed by atoms with Crippen LogP contribution in [0.5, 0.6) is 0 Å². The van der Waals surface area contributed by atoms with Gasteiger partial charge in [0.1, 0.15) is 6.61 Å². The van der Waals surface area contributed by atoms with Crippen molar-refractivity contribution in [1.29, 1.82) is 0 Å². The summed E-state index contributed by atoms with van der Waals surface area (Å²) in [5.41, 5.74) is 0.735. The SMILES string of the molecule is CCOCC(=O)N1CCN(C(=O)c2ccsc2)CC1. The molecule has 0 aliphatic carbocycles. The molecule has 1 saturated heterocycles. The highest BCUT2D eigenvalue weighted by atomic mass is 32.1. The van der Waals surface area contributed by atoms with E-state index >= 15 is 0 Å². The fraction of sp³-hybridized carbons (Fsp3) is 0.538. The molecule has 104 valence electrons. The fourth-order valence-corrected chi connectivity index (χ4v) is 2.64. The lowest BCUT2D eigenvalue weighted by molar-refractivity contribution is -0.137. The molecule has 19 heavy (non-hydrogen) atoms. The number of thiophene rings is 1. The lowest BCUT2D eigenvalue weighted by Gasteiger charge is -2.34. The van der Waals surface area contributed by atoms with Crippen molar-refractivity contribution in [2.24, 2.45) is 0 Å². The number of piperazine rings is 1. The lowest BCUT2D eigenvalue weighted by atomic mass is 10.2. The van der Waals surface area contributed by atoms with Crippen LogP contribution in [0.3, 0.4) is 0 Å². The lowest BCUT2D eigenvalue weighted by Crippen LogP contribution is -2.51. The summed E-state index contributed by atoms with van der Waals surface area (Å²) < 4.78 is 5.11. The number of hydrogen-bond acceptors (Lipinski definition) is 4. The Morgan fingerprint density at radius 2 is 1.95 bits per heavy atom. The van der Waals surface area contributed by atoms with Crippen LogP contribution >= 0.6 is 11.3 Å². The van der Waals surface area contributed by atoms with Gasteiger partial charge in [-0.3, -0.25) is 9.59 Å². The number of hydrogen-bond donors (Lipinski definition) is 0. The Labute approximate surface area is 116 Å². The van der Waals surface area contributed by atoms with Crippen molar-refractivity contribution >= 4 is 23.2 Å². The van der Waals surface area contributed by atoms with Crippen LogP contribution in [-0.4, -0.2) is 61.0 Å². The minimum absolute atomic E-state index is 0.00415. The van der Waals surface area contributed by atoms with Gasteiger partial charge in [0.05, 0.1) is 5.56 Å². The van der Waals surface area contributed by atoms with Crippen molar-refractivity contribution < 1.29 is 14.3 Å². The second kappa shape index (κ2) is 6.68. The zero-order chi connectivity index (χ0) is 13.7. The van der Waals surface area contributed by atoms with Gasteiger partial charge in [0.2, 0.25) is 5.91 Å². The molecule has 1 aromatic rings. The number of carbonyl (C=O) groups is 2. The van der Waals surface area contributed by atoms with E-state index in [1.807, 2.05) is 23.8 Å². The maximum absolute atomic E-state index is 12.1. The van der Waals surface area contributed by atoms with Crippen LogP contribution in [0.15, 0.2) is 16.8 Å². The van der Waals surface area contributed by atoms with Crippen molar-refractivity contribution in [3.63, 3.8) is 0 Å². The molecule has 1 aliphatic heterocycles. The second-order valence-electron chi connectivity index (χ2n) is 4.32. The largest absolute Gasteiger partial charge is 0.372 e. The van der Waals surface area contributed by atoms with Crippen LogP contribution in [-0.2, 0) is 9.53 Å². The van der Waals surface area contributed by atoms with Crippen LogP contribution in [0.25, 0.3) is 0 Å². The number of nitrogens with zero attached hydrogens (tertiary/aromatic N) is 2.